The van der Waals surface area contributed by atoms with Gasteiger partial charge in [-0.3, -0.25) is 0 Å². The predicted molar refractivity (Wildman–Crippen MR) is 310 cm³/mol. The summed E-state index contributed by atoms with van der Waals surface area (Å²) in [5.41, 5.74) is 21.4. The normalized spacial score (nSPS) is 15.7. The summed E-state index contributed by atoms with van der Waals surface area (Å²) < 4.78 is 1.46. The summed E-state index contributed by atoms with van der Waals surface area (Å²) in [5, 5.41) is 0. The third-order valence-electron chi connectivity index (χ3n) is 15.9. The fourth-order valence-corrected chi connectivity index (χ4v) is 13.4. The molecule has 0 spiro atoms. The average molecular weight is 948 g/mol. The number of anilines is 9. The Bertz CT molecular complexity index is 3270. The van der Waals surface area contributed by atoms with Crippen molar-refractivity contribution in [3.8, 4) is 11.1 Å². The van der Waals surface area contributed by atoms with E-state index >= 15 is 0 Å². The van der Waals surface area contributed by atoms with Gasteiger partial charge in [0.05, 0.1) is 17.1 Å². The number of benzene rings is 7. The first-order valence-electron chi connectivity index (χ1n) is 25.9. The number of hydrogen-bond acceptors (Lipinski definition) is 4. The lowest BCUT2D eigenvalue weighted by atomic mass is 9.35. The Hall–Kier alpha value is -6.30. The van der Waals surface area contributed by atoms with E-state index in [1.807, 2.05) is 0 Å². The maximum atomic E-state index is 2.71. The summed E-state index contributed by atoms with van der Waals surface area (Å²) in [6.45, 7) is 31.1. The highest BCUT2D eigenvalue weighted by Gasteiger charge is 2.51. The van der Waals surface area contributed by atoms with E-state index in [4.69, 9.17) is 0 Å². The Labute approximate surface area is 429 Å². The largest absolute Gasteiger partial charge is 0.311 e. The molecular formula is C66H70BN3S. The summed E-state index contributed by atoms with van der Waals surface area (Å²) in [5.74, 6) is 0. The molecule has 5 heteroatoms. The van der Waals surface area contributed by atoms with Gasteiger partial charge < -0.3 is 14.7 Å². The smallest absolute Gasteiger partial charge is 0.264 e. The van der Waals surface area contributed by atoms with Gasteiger partial charge in [-0.1, -0.05) is 187 Å². The van der Waals surface area contributed by atoms with Gasteiger partial charge in [0.15, 0.2) is 0 Å². The van der Waals surface area contributed by atoms with E-state index in [1.165, 1.54) is 83.2 Å². The summed E-state index contributed by atoms with van der Waals surface area (Å²) in [7, 11) is 0. The van der Waals surface area contributed by atoms with Gasteiger partial charge in [-0.05, 0) is 145 Å². The number of fused-ring (bicyclic) bond motifs is 6. The van der Waals surface area contributed by atoms with Crippen LogP contribution < -0.4 is 30.4 Å². The molecule has 71 heavy (non-hydrogen) atoms. The van der Waals surface area contributed by atoms with Crippen molar-refractivity contribution in [2.24, 2.45) is 0 Å². The lowest BCUT2D eigenvalue weighted by Crippen LogP contribution is -2.61. The molecule has 0 unspecified atom stereocenters. The van der Waals surface area contributed by atoms with Crippen LogP contribution >= 0.6 is 11.3 Å². The molecule has 0 amide bonds. The summed E-state index contributed by atoms with van der Waals surface area (Å²) >= 11 is 2.10. The molecule has 7 aromatic carbocycles. The molecule has 0 atom stereocenters. The molecule has 0 saturated heterocycles. The van der Waals surface area contributed by atoms with Gasteiger partial charge in [0.1, 0.15) is 0 Å². The molecule has 11 rings (SSSR count). The van der Waals surface area contributed by atoms with Crippen LogP contribution in [0.15, 0.2) is 164 Å². The first-order valence-corrected chi connectivity index (χ1v) is 26.7. The van der Waals surface area contributed by atoms with Gasteiger partial charge in [-0.2, -0.15) is 11.3 Å². The summed E-state index contributed by atoms with van der Waals surface area (Å²) in [6, 6.07) is 62.4. The molecule has 0 saturated carbocycles. The Morgan fingerprint density at radius 1 is 0.479 bits per heavy atom. The topological polar surface area (TPSA) is 9.72 Å². The molecule has 0 N–H and O–H groups in total. The van der Waals surface area contributed by atoms with Crippen LogP contribution in [0.2, 0.25) is 0 Å². The maximum Gasteiger partial charge on any atom is 0.264 e. The van der Waals surface area contributed by atoms with Crippen LogP contribution in [-0.4, -0.2) is 6.71 Å². The van der Waals surface area contributed by atoms with Crippen LogP contribution in [0.3, 0.4) is 0 Å². The predicted octanol–water partition coefficient (Wildman–Crippen LogP) is 17.2. The van der Waals surface area contributed by atoms with Gasteiger partial charge >= 0.3 is 0 Å². The minimum atomic E-state index is -0.0563. The molecule has 1 aromatic heterocycles. The van der Waals surface area contributed by atoms with Crippen molar-refractivity contribution < 1.29 is 0 Å². The molecule has 358 valence electrons. The van der Waals surface area contributed by atoms with Crippen LogP contribution in [0, 0.1) is 0 Å². The second-order valence-electron chi connectivity index (χ2n) is 25.0. The fourth-order valence-electron chi connectivity index (χ4n) is 11.6. The molecule has 3 aliphatic rings. The Balaban J connectivity index is 1.33. The van der Waals surface area contributed by atoms with Gasteiger partial charge in [-0.15, -0.1) is 0 Å². The lowest BCUT2D eigenvalue weighted by Gasteiger charge is -2.46. The second kappa shape index (κ2) is 16.6. The molecular weight excluding hydrogens is 878 g/mol. The van der Waals surface area contributed by atoms with E-state index < -0.39 is 0 Å². The zero-order valence-electron chi connectivity index (χ0n) is 44.3. The van der Waals surface area contributed by atoms with Crippen molar-refractivity contribution in [3.63, 3.8) is 0 Å². The lowest BCUT2D eigenvalue weighted by molar-refractivity contribution is 0.339. The monoisotopic (exact) mass is 948 g/mol. The maximum absolute atomic E-state index is 2.71. The van der Waals surface area contributed by atoms with Gasteiger partial charge in [0.25, 0.3) is 6.71 Å². The zero-order valence-corrected chi connectivity index (χ0v) is 45.1. The molecule has 8 aromatic rings. The van der Waals surface area contributed by atoms with Crippen molar-refractivity contribution in [2.75, 3.05) is 14.7 Å². The van der Waals surface area contributed by atoms with Crippen LogP contribution in [0.1, 0.15) is 130 Å². The number of nitrogens with zero attached hydrogens (tertiary/aromatic N) is 3. The molecule has 0 bridgehead atoms. The highest BCUT2D eigenvalue weighted by Crippen LogP contribution is 2.57. The van der Waals surface area contributed by atoms with Crippen molar-refractivity contribution in [1.29, 1.82) is 0 Å². The molecule has 2 aliphatic heterocycles. The van der Waals surface area contributed by atoms with Crippen LogP contribution in [0.4, 0.5) is 51.2 Å². The average Bonchev–Trinajstić information content (AvgIpc) is 3.76. The Kier molecular flexibility index (Phi) is 11.0. The number of thiophene rings is 1. The van der Waals surface area contributed by atoms with Crippen molar-refractivity contribution >= 4 is 84.9 Å². The van der Waals surface area contributed by atoms with E-state index in [-0.39, 0.29) is 33.8 Å². The standard InChI is InChI=1S/C66H70BN3S/c1-62(2,3)44-29-33-49(34-30-44)69-55-41-50(68(47-25-19-15-20-26-47)48-27-21-16-22-28-48)42-56-58(55)67(61-59(69)57-60(71-61)66(12,13)38-37-65(57,10)11)52-40-46(64(7,8)9)32-36-54(52)70(56)53-35-31-45(63(4,5)6)39-51(53)43-23-17-14-18-24-43/h14-36,39-42H,37-38H2,1-13H3. The van der Waals surface area contributed by atoms with Crippen LogP contribution in [0.25, 0.3) is 11.1 Å². The first-order chi connectivity index (χ1) is 33.6. The number of para-hydroxylation sites is 2. The van der Waals surface area contributed by atoms with Crippen LogP contribution in [-0.2, 0) is 27.1 Å². The fraction of sp³-hybridized carbons (Fsp3) is 0.303. The first kappa shape index (κ1) is 47.1. The van der Waals surface area contributed by atoms with Gasteiger partial charge in [0.2, 0.25) is 0 Å². The summed E-state index contributed by atoms with van der Waals surface area (Å²) in [4.78, 5) is 9.37. The third-order valence-corrected chi connectivity index (χ3v) is 17.5. The third kappa shape index (κ3) is 7.95. The van der Waals surface area contributed by atoms with Gasteiger partial charge in [-0.25, -0.2) is 0 Å². The minimum Gasteiger partial charge on any atom is -0.311 e. The molecule has 3 nitrogen and oxygen atoms in total. The summed E-state index contributed by atoms with van der Waals surface area (Å²) in [6.07, 6.45) is 2.30. The van der Waals surface area contributed by atoms with Crippen molar-refractivity contribution in [3.05, 3.63) is 191 Å². The van der Waals surface area contributed by atoms with Gasteiger partial charge in [0, 0.05) is 49.3 Å². The highest BCUT2D eigenvalue weighted by molar-refractivity contribution is 7.29. The second-order valence-corrected chi connectivity index (χ2v) is 26.0. The molecule has 0 fully saturated rings. The number of hydrogen-bond donors (Lipinski definition) is 0. The molecule has 3 heterocycles. The highest BCUT2D eigenvalue weighted by atomic mass is 32.1. The molecule has 0 radical (unpaired) electrons. The van der Waals surface area contributed by atoms with E-state index in [0.29, 0.717) is 0 Å². The quantitative estimate of drug-likeness (QED) is 0.154. The van der Waals surface area contributed by atoms with E-state index in [0.717, 1.165) is 29.9 Å². The van der Waals surface area contributed by atoms with E-state index in [1.54, 1.807) is 4.88 Å². The van der Waals surface area contributed by atoms with Crippen LogP contribution in [0.5, 0.6) is 0 Å². The zero-order chi connectivity index (χ0) is 50.0. The van der Waals surface area contributed by atoms with Crippen molar-refractivity contribution in [1.82, 2.24) is 0 Å². The Morgan fingerprint density at radius 2 is 0.972 bits per heavy atom. The van der Waals surface area contributed by atoms with Crippen molar-refractivity contribution in [2.45, 2.75) is 130 Å². The minimum absolute atomic E-state index is 0.000762. The number of rotatable bonds is 6. The molecule has 1 aliphatic carbocycles. The SMILES string of the molecule is CC(C)(C)c1ccc(N2c3cc(N(c4ccccc4)c4ccccc4)cc4c3B(c3cc(C(C)(C)C)ccc3N4c3ccc(C(C)(C)C)cc3-c3ccccc3)c3sc4c(c32)C(C)(C)CCC4(C)C)cc1. The van der Waals surface area contributed by atoms with E-state index in [2.05, 4.69) is 280 Å². The Morgan fingerprint density at radius 3 is 1.54 bits per heavy atom. The van der Waals surface area contributed by atoms with E-state index in [9.17, 15) is 0 Å².